The van der Waals surface area contributed by atoms with E-state index < -0.39 is 23.5 Å². The summed E-state index contributed by atoms with van der Waals surface area (Å²) < 4.78 is 0. The summed E-state index contributed by atoms with van der Waals surface area (Å²) >= 11 is 0. The van der Waals surface area contributed by atoms with E-state index in [9.17, 15) is 9.59 Å². The summed E-state index contributed by atoms with van der Waals surface area (Å²) in [5.74, 6) is 0.773. The summed E-state index contributed by atoms with van der Waals surface area (Å²) in [5.41, 5.74) is 4.86. The zero-order valence-corrected chi connectivity index (χ0v) is 9.19. The first-order valence-corrected chi connectivity index (χ1v) is 5.15. The van der Waals surface area contributed by atoms with Crippen molar-refractivity contribution < 1.29 is 14.7 Å². The molecule has 0 aromatic heterocycles. The molecule has 0 heterocycles. The van der Waals surface area contributed by atoms with Crippen molar-refractivity contribution in [3.63, 3.8) is 0 Å². The molecule has 2 unspecified atom stereocenters. The predicted octanol–water partition coefficient (Wildman–Crippen LogP) is -0.293. The SMILES string of the molecule is C#CCC(NC(=O)C(C)(N)C1CC1)C(=O)O. The van der Waals surface area contributed by atoms with E-state index in [1.54, 1.807) is 6.92 Å². The first kappa shape index (κ1) is 12.5. The molecule has 2 atom stereocenters. The summed E-state index contributed by atoms with van der Waals surface area (Å²) in [6, 6.07) is -1.06. The second-order valence-electron chi connectivity index (χ2n) is 4.33. The molecule has 4 N–H and O–H groups in total. The van der Waals surface area contributed by atoms with Crippen LogP contribution in [0, 0.1) is 18.3 Å². The largest absolute Gasteiger partial charge is 0.480 e. The van der Waals surface area contributed by atoms with Gasteiger partial charge in [-0.25, -0.2) is 4.79 Å². The van der Waals surface area contributed by atoms with Crippen molar-refractivity contribution in [3.8, 4) is 12.3 Å². The molecule has 5 heteroatoms. The normalized spacial score (nSPS) is 20.3. The molecule has 0 bridgehead atoms. The fourth-order valence-electron chi connectivity index (χ4n) is 1.50. The topological polar surface area (TPSA) is 92.4 Å². The minimum Gasteiger partial charge on any atom is -0.480 e. The number of hydrogen-bond acceptors (Lipinski definition) is 3. The highest BCUT2D eigenvalue weighted by atomic mass is 16.4. The van der Waals surface area contributed by atoms with Gasteiger partial charge in [-0.1, -0.05) is 0 Å². The zero-order valence-electron chi connectivity index (χ0n) is 9.19. The van der Waals surface area contributed by atoms with Crippen LogP contribution >= 0.6 is 0 Å². The second-order valence-corrected chi connectivity index (χ2v) is 4.33. The van der Waals surface area contributed by atoms with Gasteiger partial charge in [-0.05, 0) is 25.7 Å². The highest BCUT2D eigenvalue weighted by Crippen LogP contribution is 2.38. The molecule has 0 aromatic carbocycles. The lowest BCUT2D eigenvalue weighted by molar-refractivity contribution is -0.142. The molecule has 1 rings (SSSR count). The van der Waals surface area contributed by atoms with Gasteiger partial charge >= 0.3 is 5.97 Å². The molecule has 0 radical (unpaired) electrons. The third kappa shape index (κ3) is 2.74. The van der Waals surface area contributed by atoms with Crippen LogP contribution in [-0.4, -0.2) is 28.6 Å². The van der Waals surface area contributed by atoms with E-state index in [4.69, 9.17) is 17.3 Å². The zero-order chi connectivity index (χ0) is 12.3. The number of carboxylic acids is 1. The molecule has 0 aromatic rings. The van der Waals surface area contributed by atoms with Gasteiger partial charge in [0.2, 0.25) is 5.91 Å². The Kier molecular flexibility index (Phi) is 3.55. The Balaban J connectivity index is 2.61. The molecule has 5 nitrogen and oxygen atoms in total. The standard InChI is InChI=1S/C11H16N2O3/c1-3-4-8(9(14)15)13-10(16)11(2,12)7-5-6-7/h1,7-8H,4-6,12H2,2H3,(H,13,16)(H,14,15). The second kappa shape index (κ2) is 4.54. The van der Waals surface area contributed by atoms with Gasteiger partial charge in [-0.2, -0.15) is 0 Å². The number of hydrogen-bond donors (Lipinski definition) is 3. The lowest BCUT2D eigenvalue weighted by atomic mass is 9.95. The first-order chi connectivity index (χ1) is 7.39. The number of carbonyl (C=O) groups is 2. The number of carboxylic acid groups (broad SMARTS) is 1. The van der Waals surface area contributed by atoms with E-state index in [0.29, 0.717) is 0 Å². The minimum atomic E-state index is -1.14. The van der Waals surface area contributed by atoms with Crippen molar-refractivity contribution in [2.75, 3.05) is 0 Å². The third-order valence-electron chi connectivity index (χ3n) is 2.84. The van der Waals surface area contributed by atoms with Crippen molar-refractivity contribution >= 4 is 11.9 Å². The molecule has 1 saturated carbocycles. The van der Waals surface area contributed by atoms with Crippen molar-refractivity contribution in [1.82, 2.24) is 5.32 Å². The molecule has 16 heavy (non-hydrogen) atoms. The maximum absolute atomic E-state index is 11.8. The fourth-order valence-corrected chi connectivity index (χ4v) is 1.50. The molecule has 1 fully saturated rings. The molecule has 1 amide bonds. The minimum absolute atomic E-state index is 0.0399. The number of nitrogens with one attached hydrogen (secondary N) is 1. The summed E-state index contributed by atoms with van der Waals surface area (Å²) in [6.07, 6.45) is 6.81. The van der Waals surface area contributed by atoms with Gasteiger partial charge in [0.25, 0.3) is 0 Å². The maximum atomic E-state index is 11.8. The number of amides is 1. The Morgan fingerprint density at radius 1 is 1.69 bits per heavy atom. The van der Waals surface area contributed by atoms with Gasteiger partial charge in [0.05, 0.1) is 5.54 Å². The summed E-state index contributed by atoms with van der Waals surface area (Å²) in [6.45, 7) is 1.62. The lowest BCUT2D eigenvalue weighted by Crippen LogP contribution is -2.57. The Bertz CT molecular complexity index is 340. The Morgan fingerprint density at radius 3 is 2.62 bits per heavy atom. The lowest BCUT2D eigenvalue weighted by Gasteiger charge is -2.25. The van der Waals surface area contributed by atoms with Gasteiger partial charge in [-0.15, -0.1) is 12.3 Å². The van der Waals surface area contributed by atoms with Crippen LogP contribution in [0.5, 0.6) is 0 Å². The number of rotatable bonds is 5. The molecule has 0 saturated heterocycles. The number of nitrogens with two attached hydrogens (primary N) is 1. The molecule has 1 aliphatic rings. The van der Waals surface area contributed by atoms with E-state index in [-0.39, 0.29) is 12.3 Å². The van der Waals surface area contributed by atoms with Gasteiger partial charge in [0.15, 0.2) is 0 Å². The number of carbonyl (C=O) groups excluding carboxylic acids is 1. The monoisotopic (exact) mass is 224 g/mol. The van der Waals surface area contributed by atoms with E-state index >= 15 is 0 Å². The molecule has 0 aliphatic heterocycles. The number of aliphatic carboxylic acids is 1. The van der Waals surface area contributed by atoms with Gasteiger partial charge in [0.1, 0.15) is 6.04 Å². The average Bonchev–Trinajstić information content (AvgIpc) is 2.99. The van der Waals surface area contributed by atoms with E-state index in [1.165, 1.54) is 0 Å². The molecule has 0 spiro atoms. The van der Waals surface area contributed by atoms with E-state index in [1.807, 2.05) is 0 Å². The molecular formula is C11H16N2O3. The van der Waals surface area contributed by atoms with Crippen LogP contribution in [0.4, 0.5) is 0 Å². The van der Waals surface area contributed by atoms with Crippen molar-refractivity contribution in [1.29, 1.82) is 0 Å². The number of terminal acetylenes is 1. The van der Waals surface area contributed by atoms with Gasteiger partial charge in [-0.3, -0.25) is 4.79 Å². The smallest absolute Gasteiger partial charge is 0.327 e. The molecule has 88 valence electrons. The van der Waals surface area contributed by atoms with Crippen LogP contribution in [0.2, 0.25) is 0 Å². The van der Waals surface area contributed by atoms with Crippen LogP contribution in [-0.2, 0) is 9.59 Å². The van der Waals surface area contributed by atoms with E-state index in [0.717, 1.165) is 12.8 Å². The summed E-state index contributed by atoms with van der Waals surface area (Å²) in [7, 11) is 0. The van der Waals surface area contributed by atoms with Crippen molar-refractivity contribution in [2.24, 2.45) is 11.7 Å². The van der Waals surface area contributed by atoms with Gasteiger partial charge < -0.3 is 16.2 Å². The Labute approximate surface area is 94.4 Å². The maximum Gasteiger partial charge on any atom is 0.327 e. The summed E-state index contributed by atoms with van der Waals surface area (Å²) in [5, 5.41) is 11.2. The first-order valence-electron chi connectivity index (χ1n) is 5.15. The molecule has 1 aliphatic carbocycles. The van der Waals surface area contributed by atoms with Crippen LogP contribution in [0.25, 0.3) is 0 Å². The van der Waals surface area contributed by atoms with Crippen LogP contribution < -0.4 is 11.1 Å². The predicted molar refractivity (Wildman–Crippen MR) is 58.3 cm³/mol. The summed E-state index contributed by atoms with van der Waals surface area (Å²) in [4.78, 5) is 22.6. The fraction of sp³-hybridized carbons (Fsp3) is 0.636. The van der Waals surface area contributed by atoms with Crippen LogP contribution in [0.1, 0.15) is 26.2 Å². The third-order valence-corrected chi connectivity index (χ3v) is 2.84. The van der Waals surface area contributed by atoms with Gasteiger partial charge in [0, 0.05) is 6.42 Å². The quantitative estimate of drug-likeness (QED) is 0.559. The van der Waals surface area contributed by atoms with Crippen molar-refractivity contribution in [2.45, 2.75) is 37.8 Å². The van der Waals surface area contributed by atoms with Crippen molar-refractivity contribution in [3.05, 3.63) is 0 Å². The molecular weight excluding hydrogens is 208 g/mol. The van der Waals surface area contributed by atoms with Crippen LogP contribution in [0.15, 0.2) is 0 Å². The Hall–Kier alpha value is -1.54. The van der Waals surface area contributed by atoms with Crippen LogP contribution in [0.3, 0.4) is 0 Å². The Morgan fingerprint density at radius 2 is 2.25 bits per heavy atom. The highest BCUT2D eigenvalue weighted by molar-refractivity contribution is 5.90. The average molecular weight is 224 g/mol. The van der Waals surface area contributed by atoms with E-state index in [2.05, 4.69) is 11.2 Å². The highest BCUT2D eigenvalue weighted by Gasteiger charge is 2.44.